The number of hydrogen-bond donors (Lipinski definition) is 1. The highest BCUT2D eigenvalue weighted by Gasteiger charge is 1.85. The van der Waals surface area contributed by atoms with E-state index in [-0.39, 0.29) is 20.4 Å². The minimum atomic E-state index is -0.188. The lowest BCUT2D eigenvalue weighted by Crippen LogP contribution is -2.05. The van der Waals surface area contributed by atoms with E-state index in [4.69, 9.17) is 14.7 Å². The second-order valence-electron chi connectivity index (χ2n) is 1.38. The second-order valence-corrected chi connectivity index (χ2v) is 1.38. The highest BCUT2D eigenvalue weighted by Crippen LogP contribution is 1.79. The Morgan fingerprint density at radius 3 is 2.20 bits per heavy atom. The van der Waals surface area contributed by atoms with Gasteiger partial charge in [-0.15, -0.1) is 0 Å². The van der Waals surface area contributed by atoms with E-state index in [2.05, 4.69) is 9.62 Å². The van der Waals surface area contributed by atoms with Crippen LogP contribution in [0.1, 0.15) is 6.92 Å². The molecular formula is C5H12O5. The predicted octanol–water partition coefficient (Wildman–Crippen LogP) is 0.418. The van der Waals surface area contributed by atoms with Gasteiger partial charge in [0.25, 0.3) is 0 Å². The van der Waals surface area contributed by atoms with Gasteiger partial charge in [-0.25, -0.2) is 10.1 Å². The van der Waals surface area contributed by atoms with Crippen molar-refractivity contribution in [2.75, 3.05) is 27.0 Å². The van der Waals surface area contributed by atoms with Gasteiger partial charge in [0.15, 0.2) is 13.6 Å². The first kappa shape index (κ1) is 9.80. The largest absolute Gasteiger partial charge is 0.356 e. The quantitative estimate of drug-likeness (QED) is 0.248. The molecule has 0 radical (unpaired) electrons. The minimum Gasteiger partial charge on any atom is -0.356 e. The van der Waals surface area contributed by atoms with Crippen LogP contribution >= 0.6 is 0 Å². The maximum Gasteiger partial charge on any atom is 0.183 e. The van der Waals surface area contributed by atoms with Crippen molar-refractivity contribution < 1.29 is 24.4 Å². The third-order valence-electron chi connectivity index (χ3n) is 0.673. The van der Waals surface area contributed by atoms with Crippen molar-refractivity contribution in [3.8, 4) is 0 Å². The standard InChI is InChI=1S/C5H12O5/c1-2-7-3-8-4-9-5-10-6/h6H,2-5H2,1H3. The van der Waals surface area contributed by atoms with Crippen molar-refractivity contribution >= 4 is 0 Å². The Kier molecular flexibility index (Phi) is 8.62. The molecular weight excluding hydrogens is 140 g/mol. The fourth-order valence-corrected chi connectivity index (χ4v) is 0.306. The lowest BCUT2D eigenvalue weighted by molar-refractivity contribution is -0.311. The zero-order valence-corrected chi connectivity index (χ0v) is 5.91. The summed E-state index contributed by atoms with van der Waals surface area (Å²) in [4.78, 5) is 3.61. The van der Waals surface area contributed by atoms with Crippen LogP contribution in [0, 0.1) is 0 Å². The van der Waals surface area contributed by atoms with Crippen molar-refractivity contribution in [2.45, 2.75) is 6.92 Å². The fourth-order valence-electron chi connectivity index (χ4n) is 0.306. The molecule has 0 saturated carbocycles. The molecule has 5 heteroatoms. The lowest BCUT2D eigenvalue weighted by Gasteiger charge is -2.02. The van der Waals surface area contributed by atoms with Crippen molar-refractivity contribution in [1.82, 2.24) is 0 Å². The average molecular weight is 152 g/mol. The van der Waals surface area contributed by atoms with Gasteiger partial charge in [0, 0.05) is 6.61 Å². The first-order chi connectivity index (χ1) is 4.91. The van der Waals surface area contributed by atoms with Crippen LogP contribution in [-0.4, -0.2) is 32.2 Å². The molecule has 0 aromatic heterocycles. The Balaban J connectivity index is 2.65. The van der Waals surface area contributed by atoms with Crippen LogP contribution < -0.4 is 0 Å². The number of rotatable bonds is 7. The van der Waals surface area contributed by atoms with Crippen LogP contribution in [0.15, 0.2) is 0 Å². The number of hydrogen-bond acceptors (Lipinski definition) is 5. The summed E-state index contributed by atoms with van der Waals surface area (Å²) >= 11 is 0. The zero-order chi connectivity index (χ0) is 7.66. The van der Waals surface area contributed by atoms with Crippen LogP contribution in [0.3, 0.4) is 0 Å². The van der Waals surface area contributed by atoms with E-state index in [1.165, 1.54) is 0 Å². The molecule has 0 aliphatic carbocycles. The van der Waals surface area contributed by atoms with Crippen molar-refractivity contribution in [1.29, 1.82) is 0 Å². The zero-order valence-electron chi connectivity index (χ0n) is 5.91. The summed E-state index contributed by atoms with van der Waals surface area (Å²) in [5.74, 6) is 0. The highest BCUT2D eigenvalue weighted by atomic mass is 17.1. The van der Waals surface area contributed by atoms with Crippen LogP contribution in [-0.2, 0) is 19.1 Å². The van der Waals surface area contributed by atoms with Gasteiger partial charge < -0.3 is 14.2 Å². The molecule has 0 bridgehead atoms. The van der Waals surface area contributed by atoms with Crippen LogP contribution in [0.5, 0.6) is 0 Å². The molecule has 1 N–H and O–H groups in total. The highest BCUT2D eigenvalue weighted by molar-refractivity contribution is 4.06. The van der Waals surface area contributed by atoms with Crippen molar-refractivity contribution in [3.05, 3.63) is 0 Å². The molecule has 0 spiro atoms. The topological polar surface area (TPSA) is 57.2 Å². The Hall–Kier alpha value is -0.200. The molecule has 0 saturated heterocycles. The van der Waals surface area contributed by atoms with Crippen LogP contribution in [0.2, 0.25) is 0 Å². The maximum absolute atomic E-state index is 7.76. The summed E-state index contributed by atoms with van der Waals surface area (Å²) in [6.07, 6.45) is 0. The van der Waals surface area contributed by atoms with E-state index in [1.807, 2.05) is 6.92 Å². The van der Waals surface area contributed by atoms with Crippen molar-refractivity contribution in [3.63, 3.8) is 0 Å². The van der Waals surface area contributed by atoms with Gasteiger partial charge in [0.1, 0.15) is 6.79 Å². The molecule has 0 heterocycles. The van der Waals surface area contributed by atoms with E-state index >= 15 is 0 Å². The average Bonchev–Trinajstić information content (AvgIpc) is 1.97. The molecule has 0 aliphatic rings. The summed E-state index contributed by atoms with van der Waals surface area (Å²) in [6.45, 7) is 2.53. The molecule has 0 aliphatic heterocycles. The van der Waals surface area contributed by atoms with Gasteiger partial charge in [-0.1, -0.05) is 0 Å². The van der Waals surface area contributed by atoms with E-state index in [0.717, 1.165) is 0 Å². The normalized spacial score (nSPS) is 10.2. The predicted molar refractivity (Wildman–Crippen MR) is 32.1 cm³/mol. The molecule has 0 rings (SSSR count). The van der Waals surface area contributed by atoms with Gasteiger partial charge in [-0.05, 0) is 6.92 Å². The van der Waals surface area contributed by atoms with Crippen molar-refractivity contribution in [2.24, 2.45) is 0 Å². The van der Waals surface area contributed by atoms with Gasteiger partial charge in [0.2, 0.25) is 0 Å². The SMILES string of the molecule is CCOCOCOCOO. The lowest BCUT2D eigenvalue weighted by atomic mass is 10.9. The van der Waals surface area contributed by atoms with Crippen LogP contribution in [0.4, 0.5) is 0 Å². The Bertz CT molecular complexity index is 50.0. The van der Waals surface area contributed by atoms with Gasteiger partial charge in [-0.2, -0.15) is 0 Å². The molecule has 0 aromatic carbocycles. The summed E-state index contributed by atoms with van der Waals surface area (Å²) in [6, 6.07) is 0. The third kappa shape index (κ3) is 7.80. The van der Waals surface area contributed by atoms with E-state index in [9.17, 15) is 0 Å². The smallest absolute Gasteiger partial charge is 0.183 e. The third-order valence-corrected chi connectivity index (χ3v) is 0.673. The molecule has 0 amide bonds. The molecule has 0 fully saturated rings. The summed E-state index contributed by atoms with van der Waals surface area (Å²) in [5, 5.41) is 7.76. The second kappa shape index (κ2) is 8.80. The Labute approximate surface area is 59.4 Å². The molecule has 62 valence electrons. The Morgan fingerprint density at radius 2 is 1.60 bits per heavy atom. The monoisotopic (exact) mass is 152 g/mol. The molecule has 0 atom stereocenters. The number of ether oxygens (including phenoxy) is 3. The molecule has 10 heavy (non-hydrogen) atoms. The fraction of sp³-hybridized carbons (Fsp3) is 1.00. The summed E-state index contributed by atoms with van der Waals surface area (Å²) in [7, 11) is 0. The van der Waals surface area contributed by atoms with E-state index in [0.29, 0.717) is 6.61 Å². The first-order valence-electron chi connectivity index (χ1n) is 2.91. The molecule has 0 aromatic rings. The van der Waals surface area contributed by atoms with Crippen LogP contribution in [0.25, 0.3) is 0 Å². The summed E-state index contributed by atoms with van der Waals surface area (Å²) in [5.41, 5.74) is 0. The van der Waals surface area contributed by atoms with Gasteiger partial charge in [0.05, 0.1) is 0 Å². The molecule has 0 unspecified atom stereocenters. The van der Waals surface area contributed by atoms with E-state index < -0.39 is 0 Å². The first-order valence-corrected chi connectivity index (χ1v) is 2.91. The minimum absolute atomic E-state index is 0.0561. The Morgan fingerprint density at radius 1 is 1.00 bits per heavy atom. The van der Waals surface area contributed by atoms with E-state index in [1.54, 1.807) is 0 Å². The van der Waals surface area contributed by atoms with Gasteiger partial charge in [-0.3, -0.25) is 0 Å². The summed E-state index contributed by atoms with van der Waals surface area (Å²) < 4.78 is 14.1. The van der Waals surface area contributed by atoms with Gasteiger partial charge >= 0.3 is 0 Å². The molecule has 5 nitrogen and oxygen atoms in total. The maximum atomic E-state index is 7.76.